The Kier molecular flexibility index (Phi) is 43.8. The third-order valence-electron chi connectivity index (χ3n) is 9.56. The lowest BCUT2D eigenvalue weighted by Gasteiger charge is -2.30. The topological polar surface area (TPSA) is 99.0 Å². The molecule has 2 atom stereocenters. The molecule has 0 radical (unpaired) electrons. The minimum atomic E-state index is -0.490. The number of hydrogen-bond donors (Lipinski definition) is 4. The van der Waals surface area contributed by atoms with E-state index in [1.807, 2.05) is 0 Å². The van der Waals surface area contributed by atoms with Gasteiger partial charge in [0.2, 0.25) is 0 Å². The molecule has 0 heterocycles. The first-order valence-corrected chi connectivity index (χ1v) is 21.4. The van der Waals surface area contributed by atoms with Gasteiger partial charge in [0, 0.05) is 39.3 Å². The summed E-state index contributed by atoms with van der Waals surface area (Å²) in [5, 5.41) is 20.6. The fraction of sp³-hybridized carbons (Fsp3) is 0.822. The second-order valence-electron chi connectivity index (χ2n) is 14.5. The fourth-order valence-corrected chi connectivity index (χ4v) is 6.26. The Morgan fingerprint density at radius 2 is 0.706 bits per heavy atom. The molecule has 0 aliphatic carbocycles. The summed E-state index contributed by atoms with van der Waals surface area (Å²) >= 11 is 0. The van der Waals surface area contributed by atoms with E-state index in [9.17, 15) is 10.2 Å². The van der Waals surface area contributed by atoms with E-state index in [2.05, 4.69) is 72.3 Å². The van der Waals surface area contributed by atoms with Gasteiger partial charge in [-0.2, -0.15) is 0 Å². The molecule has 0 aromatic rings. The zero-order chi connectivity index (χ0) is 36.6. The van der Waals surface area contributed by atoms with Crippen molar-refractivity contribution in [3.05, 3.63) is 48.6 Å². The first-order valence-electron chi connectivity index (χ1n) is 21.4. The molecular formula is C45H90N4O2. The summed E-state index contributed by atoms with van der Waals surface area (Å²) in [6, 6.07) is 0. The molecule has 6 N–H and O–H groups in total. The molecule has 0 aliphatic rings. The highest BCUT2D eigenvalue weighted by Gasteiger charge is 2.15. The van der Waals surface area contributed by atoms with Crippen LogP contribution in [-0.2, 0) is 0 Å². The smallest absolute Gasteiger partial charge is 0.0789 e. The quantitative estimate of drug-likeness (QED) is 0.0373. The van der Waals surface area contributed by atoms with Crippen LogP contribution in [0.3, 0.4) is 0 Å². The molecule has 0 saturated carbocycles. The average Bonchev–Trinajstić information content (AvgIpc) is 3.12. The maximum atomic E-state index is 10.3. The molecule has 0 fully saturated rings. The van der Waals surface area contributed by atoms with Gasteiger partial charge in [0.25, 0.3) is 0 Å². The SMILES string of the molecule is C.CCCCC/C=C\C/C=C/CCCCCCCCN(CCN(CCCCCCCC/C=C/C/C=C\CCCCC)CC(O)CN)CC(O)CN. The molecule has 302 valence electrons. The third-order valence-corrected chi connectivity index (χ3v) is 9.56. The van der Waals surface area contributed by atoms with Crippen LogP contribution in [0, 0.1) is 0 Å². The number of nitrogens with zero attached hydrogens (tertiary/aromatic N) is 2. The Labute approximate surface area is 319 Å². The first kappa shape index (κ1) is 51.8. The van der Waals surface area contributed by atoms with Crippen molar-refractivity contribution < 1.29 is 10.2 Å². The van der Waals surface area contributed by atoms with Crippen LogP contribution in [0.2, 0.25) is 0 Å². The van der Waals surface area contributed by atoms with Crippen LogP contribution < -0.4 is 11.5 Å². The van der Waals surface area contributed by atoms with Crippen molar-refractivity contribution in [2.75, 3.05) is 52.4 Å². The number of aliphatic hydroxyl groups excluding tert-OH is 2. The van der Waals surface area contributed by atoms with Crippen LogP contribution in [0.4, 0.5) is 0 Å². The van der Waals surface area contributed by atoms with E-state index in [0.29, 0.717) is 26.2 Å². The Morgan fingerprint density at radius 1 is 0.412 bits per heavy atom. The van der Waals surface area contributed by atoms with E-state index < -0.39 is 12.2 Å². The maximum absolute atomic E-state index is 10.3. The van der Waals surface area contributed by atoms with Crippen molar-refractivity contribution >= 4 is 0 Å². The maximum Gasteiger partial charge on any atom is 0.0789 e. The van der Waals surface area contributed by atoms with E-state index in [0.717, 1.165) is 51.9 Å². The molecule has 6 nitrogen and oxygen atoms in total. The highest BCUT2D eigenvalue weighted by atomic mass is 16.3. The average molecular weight is 719 g/mol. The molecule has 0 saturated heterocycles. The van der Waals surface area contributed by atoms with E-state index in [-0.39, 0.29) is 7.43 Å². The molecule has 6 heteroatoms. The predicted octanol–water partition coefficient (Wildman–Crippen LogP) is 10.5. The van der Waals surface area contributed by atoms with E-state index in [4.69, 9.17) is 11.5 Å². The molecule has 2 unspecified atom stereocenters. The summed E-state index contributed by atoms with van der Waals surface area (Å²) in [7, 11) is 0. The second-order valence-corrected chi connectivity index (χ2v) is 14.5. The molecule has 0 spiro atoms. The van der Waals surface area contributed by atoms with E-state index in [1.54, 1.807) is 0 Å². The van der Waals surface area contributed by atoms with Crippen LogP contribution in [0.5, 0.6) is 0 Å². The van der Waals surface area contributed by atoms with Crippen molar-refractivity contribution in [1.82, 2.24) is 9.80 Å². The minimum absolute atomic E-state index is 0. The summed E-state index contributed by atoms with van der Waals surface area (Å²) in [6.07, 6.45) is 47.6. The number of rotatable bonds is 39. The summed E-state index contributed by atoms with van der Waals surface area (Å²) in [4.78, 5) is 4.75. The second kappa shape index (κ2) is 43.1. The largest absolute Gasteiger partial charge is 0.390 e. The van der Waals surface area contributed by atoms with Gasteiger partial charge in [-0.25, -0.2) is 0 Å². The van der Waals surface area contributed by atoms with Crippen LogP contribution in [0.25, 0.3) is 0 Å². The summed E-state index contributed by atoms with van der Waals surface area (Å²) in [5.74, 6) is 0. The lowest BCUT2D eigenvalue weighted by Crippen LogP contribution is -2.44. The van der Waals surface area contributed by atoms with Crippen molar-refractivity contribution in [2.45, 2.75) is 188 Å². The lowest BCUT2D eigenvalue weighted by atomic mass is 10.1. The zero-order valence-electron chi connectivity index (χ0n) is 33.3. The molecular weight excluding hydrogens is 629 g/mol. The monoisotopic (exact) mass is 719 g/mol. The van der Waals surface area contributed by atoms with Gasteiger partial charge in [-0.3, -0.25) is 9.80 Å². The predicted molar refractivity (Wildman–Crippen MR) is 228 cm³/mol. The van der Waals surface area contributed by atoms with Gasteiger partial charge in [-0.05, 0) is 90.1 Å². The normalized spacial score (nSPS) is 13.6. The van der Waals surface area contributed by atoms with E-state index >= 15 is 0 Å². The fourth-order valence-electron chi connectivity index (χ4n) is 6.26. The minimum Gasteiger partial charge on any atom is -0.390 e. The summed E-state index contributed by atoms with van der Waals surface area (Å²) < 4.78 is 0. The molecule has 0 aromatic carbocycles. The Hall–Kier alpha value is -1.28. The Morgan fingerprint density at radius 3 is 1.02 bits per heavy atom. The van der Waals surface area contributed by atoms with E-state index in [1.165, 1.54) is 128 Å². The summed E-state index contributed by atoms with van der Waals surface area (Å²) in [5.41, 5.74) is 11.6. The Balaban J connectivity index is 0. The number of allylic oxidation sites excluding steroid dienone is 8. The Bertz CT molecular complexity index is 720. The molecule has 51 heavy (non-hydrogen) atoms. The first-order chi connectivity index (χ1) is 24.6. The van der Waals surface area contributed by atoms with Crippen LogP contribution in [0.1, 0.15) is 175 Å². The molecule has 0 rings (SSSR count). The number of unbranched alkanes of at least 4 members (excludes halogenated alkanes) is 18. The highest BCUT2D eigenvalue weighted by Crippen LogP contribution is 2.11. The molecule has 0 aliphatic heterocycles. The number of nitrogens with two attached hydrogens (primary N) is 2. The van der Waals surface area contributed by atoms with Gasteiger partial charge < -0.3 is 21.7 Å². The number of aliphatic hydroxyl groups is 2. The number of hydrogen-bond acceptors (Lipinski definition) is 6. The van der Waals surface area contributed by atoms with Crippen LogP contribution in [-0.4, -0.2) is 84.6 Å². The standard InChI is InChI=1S/C44H86N4O2.CH4/c1-3-5-7-9-11-13-15-17-19-21-23-25-27-29-31-33-35-47(41-43(49)39-45)37-38-48(42-44(50)40-46)36-34-32-30-28-26-24-22-20-18-16-14-12-10-8-6-4-2;/h11-14,17-20,43-44,49-50H,3-10,15-16,21-42,45-46H2,1-2H3;1H4/b13-11-,14-12-,19-17+,20-18+;. The van der Waals surface area contributed by atoms with Crippen molar-refractivity contribution in [1.29, 1.82) is 0 Å². The van der Waals surface area contributed by atoms with Gasteiger partial charge in [-0.15, -0.1) is 0 Å². The lowest BCUT2D eigenvalue weighted by molar-refractivity contribution is 0.0882. The van der Waals surface area contributed by atoms with Gasteiger partial charge in [0.05, 0.1) is 12.2 Å². The van der Waals surface area contributed by atoms with Crippen molar-refractivity contribution in [3.8, 4) is 0 Å². The summed E-state index contributed by atoms with van der Waals surface area (Å²) in [6.45, 7) is 10.1. The van der Waals surface area contributed by atoms with Gasteiger partial charge in [0.1, 0.15) is 0 Å². The zero-order valence-corrected chi connectivity index (χ0v) is 33.3. The molecule has 0 amide bonds. The van der Waals surface area contributed by atoms with Gasteiger partial charge in [0.15, 0.2) is 0 Å². The highest BCUT2D eigenvalue weighted by molar-refractivity contribution is 4.93. The third kappa shape index (κ3) is 39.8. The van der Waals surface area contributed by atoms with Gasteiger partial charge >= 0.3 is 0 Å². The molecule has 0 aromatic heterocycles. The molecule has 0 bridgehead atoms. The van der Waals surface area contributed by atoms with Crippen molar-refractivity contribution in [3.63, 3.8) is 0 Å². The van der Waals surface area contributed by atoms with Crippen LogP contribution >= 0.6 is 0 Å². The van der Waals surface area contributed by atoms with Crippen LogP contribution in [0.15, 0.2) is 48.6 Å². The van der Waals surface area contributed by atoms with Crippen molar-refractivity contribution in [2.24, 2.45) is 11.5 Å². The van der Waals surface area contributed by atoms with Gasteiger partial charge in [-0.1, -0.05) is 147 Å².